The van der Waals surface area contributed by atoms with Crippen LogP contribution >= 0.6 is 11.3 Å². The summed E-state index contributed by atoms with van der Waals surface area (Å²) in [6.07, 6.45) is 25.1. The predicted octanol–water partition coefficient (Wildman–Crippen LogP) is 10.6. The topological polar surface area (TPSA) is 0 Å². The second kappa shape index (κ2) is 18.3. The molecule has 176 valence electrons. The third kappa shape index (κ3) is 12.5. The fourth-order valence-electron chi connectivity index (χ4n) is 4.57. The van der Waals surface area contributed by atoms with Crippen molar-refractivity contribution in [3.63, 3.8) is 0 Å². The number of aryl methyl sites for hydroxylation is 3. The molecule has 0 aromatic carbocycles. The van der Waals surface area contributed by atoms with Gasteiger partial charge in [0.15, 0.2) is 0 Å². The Labute approximate surface area is 194 Å². The maximum absolute atomic E-state index is 2.55. The van der Waals surface area contributed by atoms with Gasteiger partial charge in [-0.25, -0.2) is 0 Å². The first kappa shape index (κ1) is 27.7. The number of hydrogen-bond donors (Lipinski definition) is 0. The fourth-order valence-corrected chi connectivity index (χ4v) is 5.77. The van der Waals surface area contributed by atoms with Crippen LogP contribution in [0.3, 0.4) is 0 Å². The van der Waals surface area contributed by atoms with Crippen molar-refractivity contribution in [2.24, 2.45) is 11.8 Å². The van der Waals surface area contributed by atoms with Crippen LogP contribution in [0.15, 0.2) is 6.07 Å². The highest BCUT2D eigenvalue weighted by atomic mass is 32.1. The van der Waals surface area contributed by atoms with Gasteiger partial charge in [-0.3, -0.25) is 0 Å². The highest BCUT2D eigenvalue weighted by Gasteiger charge is 2.14. The lowest BCUT2D eigenvalue weighted by molar-refractivity contribution is 0.332. The Morgan fingerprint density at radius 2 is 1.17 bits per heavy atom. The number of hydrogen-bond acceptors (Lipinski definition) is 1. The summed E-state index contributed by atoms with van der Waals surface area (Å²) in [5.41, 5.74) is 1.70. The summed E-state index contributed by atoms with van der Waals surface area (Å²) in [6.45, 7) is 11.9. The largest absolute Gasteiger partial charge is 0.145 e. The van der Waals surface area contributed by atoms with E-state index in [1.807, 2.05) is 0 Å². The van der Waals surface area contributed by atoms with Crippen LogP contribution in [-0.4, -0.2) is 0 Å². The van der Waals surface area contributed by atoms with Crippen molar-refractivity contribution in [3.8, 4) is 0 Å². The molecule has 0 aliphatic carbocycles. The molecule has 1 rings (SSSR count). The molecule has 0 radical (unpaired) electrons. The van der Waals surface area contributed by atoms with E-state index in [2.05, 4.69) is 52.0 Å². The molecule has 0 bridgehead atoms. The summed E-state index contributed by atoms with van der Waals surface area (Å²) >= 11 is 2.12. The molecule has 2 atom stereocenters. The molecular weight excluding hydrogens is 380 g/mol. The predicted molar refractivity (Wildman–Crippen MR) is 140 cm³/mol. The zero-order valence-corrected chi connectivity index (χ0v) is 22.2. The van der Waals surface area contributed by atoms with Gasteiger partial charge in [-0.05, 0) is 55.6 Å². The minimum Gasteiger partial charge on any atom is -0.145 e. The van der Waals surface area contributed by atoms with E-state index in [1.54, 1.807) is 15.3 Å². The fraction of sp³-hybridized carbons (Fsp3) is 0.862. The first-order valence-electron chi connectivity index (χ1n) is 13.7. The molecule has 0 saturated carbocycles. The molecule has 1 aromatic heterocycles. The maximum atomic E-state index is 2.55. The number of rotatable bonds is 20. The van der Waals surface area contributed by atoms with Crippen LogP contribution in [0.2, 0.25) is 0 Å². The van der Waals surface area contributed by atoms with E-state index in [0.717, 1.165) is 11.8 Å². The van der Waals surface area contributed by atoms with E-state index < -0.39 is 0 Å². The van der Waals surface area contributed by atoms with Gasteiger partial charge in [0.25, 0.3) is 0 Å². The van der Waals surface area contributed by atoms with E-state index >= 15 is 0 Å². The molecule has 0 aliphatic rings. The average molecular weight is 435 g/mol. The summed E-state index contributed by atoms with van der Waals surface area (Å²) in [6, 6.07) is 2.55. The Kier molecular flexibility index (Phi) is 16.9. The van der Waals surface area contributed by atoms with Gasteiger partial charge in [0, 0.05) is 9.75 Å². The molecule has 1 heteroatoms. The molecule has 0 amide bonds. The molecular formula is C29H54S. The number of thiophene rings is 1. The number of unbranched alkanes of at least 4 members (excludes halogenated alkanes) is 11. The SMILES string of the molecule is CCCCCCCCCCc1sc(CC)cc1CCC(C)C(C)CCCCCCC. The lowest BCUT2D eigenvalue weighted by atomic mass is 9.86. The highest BCUT2D eigenvalue weighted by Crippen LogP contribution is 2.29. The Balaban J connectivity index is 2.32. The van der Waals surface area contributed by atoms with Crippen LogP contribution in [0.5, 0.6) is 0 Å². The quantitative estimate of drug-likeness (QED) is 0.179. The third-order valence-corrected chi connectivity index (χ3v) is 8.54. The molecule has 0 nitrogen and oxygen atoms in total. The van der Waals surface area contributed by atoms with Crippen molar-refractivity contribution in [2.75, 3.05) is 0 Å². The Hall–Kier alpha value is -0.300. The van der Waals surface area contributed by atoms with Gasteiger partial charge in [0.2, 0.25) is 0 Å². The van der Waals surface area contributed by atoms with Crippen molar-refractivity contribution in [1.82, 2.24) is 0 Å². The Bertz CT molecular complexity index is 500. The van der Waals surface area contributed by atoms with Crippen LogP contribution in [-0.2, 0) is 19.3 Å². The van der Waals surface area contributed by atoms with Crippen molar-refractivity contribution in [3.05, 3.63) is 21.4 Å². The second-order valence-electron chi connectivity index (χ2n) is 9.94. The molecule has 1 heterocycles. The van der Waals surface area contributed by atoms with Crippen molar-refractivity contribution >= 4 is 11.3 Å². The summed E-state index contributed by atoms with van der Waals surface area (Å²) in [5, 5.41) is 0. The maximum Gasteiger partial charge on any atom is 0.00801 e. The summed E-state index contributed by atoms with van der Waals surface area (Å²) in [7, 11) is 0. The van der Waals surface area contributed by atoms with Crippen LogP contribution in [0, 0.1) is 11.8 Å². The lowest BCUT2D eigenvalue weighted by Gasteiger charge is -2.20. The molecule has 2 unspecified atom stereocenters. The first-order chi connectivity index (χ1) is 14.6. The molecule has 30 heavy (non-hydrogen) atoms. The lowest BCUT2D eigenvalue weighted by Crippen LogP contribution is -2.09. The zero-order chi connectivity index (χ0) is 22.0. The van der Waals surface area contributed by atoms with Gasteiger partial charge >= 0.3 is 0 Å². The molecule has 0 N–H and O–H groups in total. The zero-order valence-electron chi connectivity index (χ0n) is 21.4. The van der Waals surface area contributed by atoms with Gasteiger partial charge in [0.1, 0.15) is 0 Å². The van der Waals surface area contributed by atoms with Gasteiger partial charge in [-0.2, -0.15) is 0 Å². The molecule has 0 saturated heterocycles. The van der Waals surface area contributed by atoms with E-state index in [0.29, 0.717) is 0 Å². The van der Waals surface area contributed by atoms with Crippen molar-refractivity contribution < 1.29 is 0 Å². The van der Waals surface area contributed by atoms with Gasteiger partial charge in [-0.15, -0.1) is 11.3 Å². The van der Waals surface area contributed by atoms with Gasteiger partial charge < -0.3 is 0 Å². The summed E-state index contributed by atoms with van der Waals surface area (Å²) in [4.78, 5) is 3.33. The minimum absolute atomic E-state index is 0.858. The van der Waals surface area contributed by atoms with Crippen LogP contribution in [0.4, 0.5) is 0 Å². The molecule has 0 fully saturated rings. The van der Waals surface area contributed by atoms with E-state index in [4.69, 9.17) is 0 Å². The van der Waals surface area contributed by atoms with E-state index in [1.165, 1.54) is 116 Å². The van der Waals surface area contributed by atoms with Crippen LogP contribution in [0.1, 0.15) is 146 Å². The second-order valence-corrected chi connectivity index (χ2v) is 11.2. The van der Waals surface area contributed by atoms with Crippen molar-refractivity contribution in [2.45, 2.75) is 150 Å². The summed E-state index contributed by atoms with van der Waals surface area (Å²) in [5.74, 6) is 1.74. The molecule has 1 aromatic rings. The van der Waals surface area contributed by atoms with Gasteiger partial charge in [-0.1, -0.05) is 118 Å². The molecule has 0 spiro atoms. The first-order valence-corrected chi connectivity index (χ1v) is 14.5. The Morgan fingerprint density at radius 1 is 0.633 bits per heavy atom. The smallest absolute Gasteiger partial charge is 0.00801 e. The van der Waals surface area contributed by atoms with Crippen molar-refractivity contribution in [1.29, 1.82) is 0 Å². The van der Waals surface area contributed by atoms with Crippen LogP contribution < -0.4 is 0 Å². The third-order valence-electron chi connectivity index (χ3n) is 7.16. The van der Waals surface area contributed by atoms with E-state index in [9.17, 15) is 0 Å². The highest BCUT2D eigenvalue weighted by molar-refractivity contribution is 7.12. The van der Waals surface area contributed by atoms with E-state index in [-0.39, 0.29) is 0 Å². The average Bonchev–Trinajstić information content (AvgIpc) is 3.15. The molecule has 0 aliphatic heterocycles. The Morgan fingerprint density at radius 3 is 1.77 bits per heavy atom. The van der Waals surface area contributed by atoms with Gasteiger partial charge in [0.05, 0.1) is 0 Å². The minimum atomic E-state index is 0.858. The van der Waals surface area contributed by atoms with Crippen LogP contribution in [0.25, 0.3) is 0 Å². The normalized spacial score (nSPS) is 13.6. The monoisotopic (exact) mass is 434 g/mol. The summed E-state index contributed by atoms with van der Waals surface area (Å²) < 4.78 is 0. The standard InChI is InChI=1S/C29H54S/c1-6-9-11-13-14-15-17-19-21-29-27(24-28(8-3)30-29)23-22-26(5)25(4)20-18-16-12-10-7-2/h24-26H,6-23H2,1-5H3.